The molecule has 0 unspecified atom stereocenters. The minimum Gasteiger partial charge on any atom is -0.237 e. The average Bonchev–Trinajstić information content (AvgIpc) is 1.85. The van der Waals surface area contributed by atoms with Crippen molar-refractivity contribution in [1.29, 1.82) is 0 Å². The molecule has 54 valence electrons. The Balaban J connectivity index is 3.06. The zero-order chi connectivity index (χ0) is 7.56. The van der Waals surface area contributed by atoms with Crippen LogP contribution in [0.1, 0.15) is 17.2 Å². The maximum atomic E-state index is 4.16. The quantitative estimate of drug-likeness (QED) is 0.621. The van der Waals surface area contributed by atoms with Crippen LogP contribution < -0.4 is 0 Å². The van der Waals surface area contributed by atoms with Gasteiger partial charge in [-0.05, 0) is 19.9 Å². The predicted molar refractivity (Wildman–Crippen MR) is 44.2 cm³/mol. The number of aromatic nitrogens is 2. The molecule has 0 atom stereocenters. The molecule has 0 aliphatic rings. The van der Waals surface area contributed by atoms with Gasteiger partial charge in [-0.25, -0.2) is 9.97 Å². The standard InChI is InChI=1S/C7H10N2S/c1-5-3-6(2)9-7(4-10)8-5/h3,10H,4H2,1-2H3. The summed E-state index contributed by atoms with van der Waals surface area (Å²) in [6.07, 6.45) is 0. The van der Waals surface area contributed by atoms with E-state index in [-0.39, 0.29) is 0 Å². The Labute approximate surface area is 66.1 Å². The summed E-state index contributed by atoms with van der Waals surface area (Å²) in [6.45, 7) is 3.92. The third-order valence-electron chi connectivity index (χ3n) is 1.17. The molecule has 0 bridgehead atoms. The monoisotopic (exact) mass is 154 g/mol. The summed E-state index contributed by atoms with van der Waals surface area (Å²) in [7, 11) is 0. The number of hydrogen-bond acceptors (Lipinski definition) is 3. The average molecular weight is 154 g/mol. The highest BCUT2D eigenvalue weighted by Gasteiger charge is 1.94. The topological polar surface area (TPSA) is 25.8 Å². The summed E-state index contributed by atoms with van der Waals surface area (Å²) in [5, 5.41) is 0. The van der Waals surface area contributed by atoms with Crippen molar-refractivity contribution in [3.05, 3.63) is 23.3 Å². The molecule has 1 aromatic rings. The van der Waals surface area contributed by atoms with Gasteiger partial charge < -0.3 is 0 Å². The first-order valence-corrected chi connectivity index (χ1v) is 3.77. The third kappa shape index (κ3) is 1.70. The second-order valence-electron chi connectivity index (χ2n) is 2.23. The first-order valence-electron chi connectivity index (χ1n) is 3.14. The largest absolute Gasteiger partial charge is 0.237 e. The second-order valence-corrected chi connectivity index (χ2v) is 2.54. The molecule has 0 radical (unpaired) electrons. The Morgan fingerprint density at radius 1 is 1.30 bits per heavy atom. The molecule has 10 heavy (non-hydrogen) atoms. The van der Waals surface area contributed by atoms with Crippen LogP contribution in [-0.4, -0.2) is 9.97 Å². The van der Waals surface area contributed by atoms with Gasteiger partial charge in [0.25, 0.3) is 0 Å². The van der Waals surface area contributed by atoms with E-state index in [1.807, 2.05) is 19.9 Å². The highest BCUT2D eigenvalue weighted by Crippen LogP contribution is 2.00. The van der Waals surface area contributed by atoms with Crippen LogP contribution in [0.4, 0.5) is 0 Å². The van der Waals surface area contributed by atoms with E-state index in [9.17, 15) is 0 Å². The lowest BCUT2D eigenvalue weighted by atomic mass is 10.3. The van der Waals surface area contributed by atoms with Crippen LogP contribution in [0.25, 0.3) is 0 Å². The van der Waals surface area contributed by atoms with E-state index in [0.29, 0.717) is 5.75 Å². The first kappa shape index (κ1) is 7.54. The molecule has 2 nitrogen and oxygen atoms in total. The smallest absolute Gasteiger partial charge is 0.138 e. The SMILES string of the molecule is Cc1cc(C)nc(CS)n1. The van der Waals surface area contributed by atoms with E-state index in [0.717, 1.165) is 17.2 Å². The highest BCUT2D eigenvalue weighted by molar-refractivity contribution is 7.79. The molecule has 0 aliphatic heterocycles. The number of nitrogens with zero attached hydrogens (tertiary/aromatic N) is 2. The van der Waals surface area contributed by atoms with Crippen molar-refractivity contribution in [2.45, 2.75) is 19.6 Å². The fourth-order valence-corrected chi connectivity index (χ4v) is 1.01. The Kier molecular flexibility index (Phi) is 2.27. The third-order valence-corrected chi connectivity index (χ3v) is 1.45. The van der Waals surface area contributed by atoms with Gasteiger partial charge in [-0.15, -0.1) is 0 Å². The first-order chi connectivity index (χ1) is 4.72. The maximum absolute atomic E-state index is 4.16. The zero-order valence-electron chi connectivity index (χ0n) is 6.13. The van der Waals surface area contributed by atoms with Crippen molar-refractivity contribution in [3.63, 3.8) is 0 Å². The molecule has 0 N–H and O–H groups in total. The van der Waals surface area contributed by atoms with E-state index < -0.39 is 0 Å². The lowest BCUT2D eigenvalue weighted by molar-refractivity contribution is 0.965. The van der Waals surface area contributed by atoms with E-state index in [1.165, 1.54) is 0 Å². The Morgan fingerprint density at radius 2 is 1.80 bits per heavy atom. The van der Waals surface area contributed by atoms with Crippen molar-refractivity contribution in [3.8, 4) is 0 Å². The van der Waals surface area contributed by atoms with Gasteiger partial charge in [-0.2, -0.15) is 12.6 Å². The molecular formula is C7H10N2S. The van der Waals surface area contributed by atoms with Crippen LogP contribution in [0, 0.1) is 13.8 Å². The van der Waals surface area contributed by atoms with Crippen LogP contribution in [0.5, 0.6) is 0 Å². The van der Waals surface area contributed by atoms with Crippen LogP contribution in [0.2, 0.25) is 0 Å². The molecule has 0 saturated heterocycles. The van der Waals surface area contributed by atoms with Gasteiger partial charge in [0.05, 0.1) is 5.75 Å². The summed E-state index contributed by atoms with van der Waals surface area (Å²) in [5.74, 6) is 1.42. The molecule has 0 spiro atoms. The van der Waals surface area contributed by atoms with Crippen molar-refractivity contribution in [1.82, 2.24) is 9.97 Å². The van der Waals surface area contributed by atoms with Crippen LogP contribution in [-0.2, 0) is 5.75 Å². The molecule has 0 aliphatic carbocycles. The van der Waals surface area contributed by atoms with Crippen LogP contribution in [0.3, 0.4) is 0 Å². The minimum absolute atomic E-state index is 0.614. The number of rotatable bonds is 1. The molecule has 3 heteroatoms. The van der Waals surface area contributed by atoms with Crippen LogP contribution >= 0.6 is 12.6 Å². The van der Waals surface area contributed by atoms with Gasteiger partial charge >= 0.3 is 0 Å². The molecule has 0 amide bonds. The van der Waals surface area contributed by atoms with Crippen molar-refractivity contribution < 1.29 is 0 Å². The Hall–Kier alpha value is -0.570. The van der Waals surface area contributed by atoms with Gasteiger partial charge in [-0.1, -0.05) is 0 Å². The molecule has 1 rings (SSSR count). The lowest BCUT2D eigenvalue weighted by Crippen LogP contribution is -1.95. The molecular weight excluding hydrogens is 144 g/mol. The molecule has 0 fully saturated rings. The number of thiol groups is 1. The van der Waals surface area contributed by atoms with Gasteiger partial charge in [0.2, 0.25) is 0 Å². The van der Waals surface area contributed by atoms with Gasteiger partial charge in [0.1, 0.15) is 5.82 Å². The summed E-state index contributed by atoms with van der Waals surface area (Å²) in [4.78, 5) is 8.33. The van der Waals surface area contributed by atoms with E-state index in [1.54, 1.807) is 0 Å². The van der Waals surface area contributed by atoms with E-state index in [2.05, 4.69) is 22.6 Å². The molecule has 1 heterocycles. The predicted octanol–water partition coefficient (Wildman–Crippen LogP) is 1.52. The normalized spacial score (nSPS) is 9.90. The summed E-state index contributed by atoms with van der Waals surface area (Å²) >= 11 is 4.08. The summed E-state index contributed by atoms with van der Waals surface area (Å²) in [5.41, 5.74) is 2.02. The fourth-order valence-electron chi connectivity index (χ4n) is 0.870. The number of aryl methyl sites for hydroxylation is 2. The molecule has 0 aromatic carbocycles. The summed E-state index contributed by atoms with van der Waals surface area (Å²) < 4.78 is 0. The van der Waals surface area contributed by atoms with E-state index in [4.69, 9.17) is 0 Å². The minimum atomic E-state index is 0.614. The Morgan fingerprint density at radius 3 is 2.20 bits per heavy atom. The van der Waals surface area contributed by atoms with Gasteiger partial charge in [0, 0.05) is 11.4 Å². The van der Waals surface area contributed by atoms with Crippen molar-refractivity contribution in [2.24, 2.45) is 0 Å². The second kappa shape index (κ2) is 3.01. The maximum Gasteiger partial charge on any atom is 0.138 e. The fraction of sp³-hybridized carbons (Fsp3) is 0.429. The van der Waals surface area contributed by atoms with Gasteiger partial charge in [0.15, 0.2) is 0 Å². The van der Waals surface area contributed by atoms with Crippen LogP contribution in [0.15, 0.2) is 6.07 Å². The lowest BCUT2D eigenvalue weighted by Gasteiger charge is -1.97. The molecule has 1 aromatic heterocycles. The Bertz CT molecular complexity index is 215. The molecule has 0 saturated carbocycles. The van der Waals surface area contributed by atoms with Gasteiger partial charge in [-0.3, -0.25) is 0 Å². The van der Waals surface area contributed by atoms with E-state index >= 15 is 0 Å². The van der Waals surface area contributed by atoms with Crippen molar-refractivity contribution in [2.75, 3.05) is 0 Å². The summed E-state index contributed by atoms with van der Waals surface area (Å²) in [6, 6.07) is 1.95. The van der Waals surface area contributed by atoms with Crippen molar-refractivity contribution >= 4 is 12.6 Å². The zero-order valence-corrected chi connectivity index (χ0v) is 7.02. The number of hydrogen-bond donors (Lipinski definition) is 1. The highest BCUT2D eigenvalue weighted by atomic mass is 32.1.